The molecule has 0 N–H and O–H groups in total. The summed E-state index contributed by atoms with van der Waals surface area (Å²) in [6.07, 6.45) is 2.86. The molecule has 5 nitrogen and oxygen atoms in total. The van der Waals surface area contributed by atoms with Crippen LogP contribution in [-0.4, -0.2) is 62.2 Å². The van der Waals surface area contributed by atoms with E-state index in [2.05, 4.69) is 16.6 Å². The van der Waals surface area contributed by atoms with Gasteiger partial charge in [-0.3, -0.25) is 4.79 Å². The van der Waals surface area contributed by atoms with E-state index >= 15 is 0 Å². The fourth-order valence-corrected chi connectivity index (χ4v) is 2.59. The minimum atomic E-state index is -2.97. The Morgan fingerprint density at radius 3 is 2.58 bits per heavy atom. The Bertz CT molecular complexity index is 585. The summed E-state index contributed by atoms with van der Waals surface area (Å²) >= 11 is 0. The van der Waals surface area contributed by atoms with E-state index in [1.807, 2.05) is 0 Å². The van der Waals surface area contributed by atoms with Crippen molar-refractivity contribution in [2.24, 2.45) is 0 Å². The average molecular weight is 340 g/mol. The van der Waals surface area contributed by atoms with Crippen LogP contribution in [0.15, 0.2) is 24.3 Å². The third-order valence-corrected chi connectivity index (χ3v) is 3.97. The summed E-state index contributed by atoms with van der Waals surface area (Å²) in [6.45, 7) is 3.10. The SMILES string of the molecule is CCN1CCN(C(=O)/C=C/c2cccc(OC)c2OC(F)F)CC1. The first-order valence-corrected chi connectivity index (χ1v) is 7.86. The van der Waals surface area contributed by atoms with E-state index in [-0.39, 0.29) is 17.4 Å². The third-order valence-electron chi connectivity index (χ3n) is 3.97. The molecule has 1 amide bonds. The van der Waals surface area contributed by atoms with Crippen LogP contribution in [0.2, 0.25) is 0 Å². The zero-order valence-corrected chi connectivity index (χ0v) is 13.9. The van der Waals surface area contributed by atoms with Gasteiger partial charge in [0.15, 0.2) is 11.5 Å². The van der Waals surface area contributed by atoms with E-state index in [0.717, 1.165) is 19.6 Å². The summed E-state index contributed by atoms with van der Waals surface area (Å²) in [5.41, 5.74) is 0.371. The molecule has 7 heteroatoms. The zero-order chi connectivity index (χ0) is 17.5. The number of piperazine rings is 1. The Kier molecular flexibility index (Phi) is 6.54. The average Bonchev–Trinajstić information content (AvgIpc) is 2.60. The third kappa shape index (κ3) is 4.67. The molecule has 0 atom stereocenters. The van der Waals surface area contributed by atoms with Gasteiger partial charge in [0.2, 0.25) is 5.91 Å². The fraction of sp³-hybridized carbons (Fsp3) is 0.471. The van der Waals surface area contributed by atoms with E-state index in [1.54, 1.807) is 17.0 Å². The summed E-state index contributed by atoms with van der Waals surface area (Å²) in [5, 5.41) is 0. The number of amides is 1. The molecule has 1 heterocycles. The number of benzene rings is 1. The molecule has 1 fully saturated rings. The van der Waals surface area contributed by atoms with Crippen LogP contribution in [0.4, 0.5) is 8.78 Å². The molecule has 0 unspecified atom stereocenters. The molecule has 0 saturated carbocycles. The normalized spacial score (nSPS) is 16.0. The van der Waals surface area contributed by atoms with Crippen molar-refractivity contribution < 1.29 is 23.0 Å². The first kappa shape index (κ1) is 18.2. The van der Waals surface area contributed by atoms with Gasteiger partial charge in [0.05, 0.1) is 7.11 Å². The van der Waals surface area contributed by atoms with Gasteiger partial charge in [0.1, 0.15) is 0 Å². The quantitative estimate of drug-likeness (QED) is 0.746. The number of likely N-dealkylation sites (N-methyl/N-ethyl adjacent to an activating group) is 1. The number of nitrogens with zero attached hydrogens (tertiary/aromatic N) is 2. The Hall–Kier alpha value is -2.15. The van der Waals surface area contributed by atoms with Gasteiger partial charge in [-0.2, -0.15) is 8.78 Å². The van der Waals surface area contributed by atoms with Gasteiger partial charge in [-0.1, -0.05) is 19.1 Å². The first-order valence-electron chi connectivity index (χ1n) is 7.86. The molecule has 24 heavy (non-hydrogen) atoms. The van der Waals surface area contributed by atoms with Gasteiger partial charge >= 0.3 is 6.61 Å². The zero-order valence-electron chi connectivity index (χ0n) is 13.9. The highest BCUT2D eigenvalue weighted by Gasteiger charge is 2.19. The number of hydrogen-bond acceptors (Lipinski definition) is 4. The van der Waals surface area contributed by atoms with Crippen molar-refractivity contribution in [1.82, 2.24) is 9.80 Å². The molecule has 1 aromatic carbocycles. The standard InChI is InChI=1S/C17H22F2N2O3/c1-3-20-9-11-21(12-10-20)15(22)8-7-13-5-4-6-14(23-2)16(13)24-17(18)19/h4-8,17H,3,9-12H2,1-2H3/b8-7+. The molecule has 0 aliphatic carbocycles. The lowest BCUT2D eigenvalue weighted by Gasteiger charge is -2.33. The van der Waals surface area contributed by atoms with Crippen LogP contribution in [0, 0.1) is 0 Å². The number of rotatable bonds is 6. The highest BCUT2D eigenvalue weighted by atomic mass is 19.3. The molecule has 0 radical (unpaired) electrons. The lowest BCUT2D eigenvalue weighted by Crippen LogP contribution is -2.48. The molecule has 1 aromatic rings. The predicted molar refractivity (Wildman–Crippen MR) is 87.4 cm³/mol. The van der Waals surface area contributed by atoms with Crippen LogP contribution in [0.25, 0.3) is 6.08 Å². The molecule has 132 valence electrons. The van der Waals surface area contributed by atoms with Crippen LogP contribution in [0.3, 0.4) is 0 Å². The van der Waals surface area contributed by atoms with Gasteiger partial charge < -0.3 is 19.3 Å². The molecule has 1 aliphatic heterocycles. The number of para-hydroxylation sites is 1. The molecule has 1 saturated heterocycles. The second-order valence-electron chi connectivity index (χ2n) is 5.35. The van der Waals surface area contributed by atoms with Crippen molar-refractivity contribution in [3.8, 4) is 11.5 Å². The van der Waals surface area contributed by atoms with Crippen molar-refractivity contribution in [2.75, 3.05) is 39.8 Å². The number of carbonyl (C=O) groups excluding carboxylic acids is 1. The number of methoxy groups -OCH3 is 1. The van der Waals surface area contributed by atoms with Gasteiger partial charge in [0, 0.05) is 37.8 Å². The Morgan fingerprint density at radius 1 is 1.29 bits per heavy atom. The number of halogens is 2. The summed E-state index contributed by atoms with van der Waals surface area (Å²) in [5.74, 6) is -0.0205. The minimum absolute atomic E-state index is 0.0742. The summed E-state index contributed by atoms with van der Waals surface area (Å²) in [6, 6.07) is 4.78. The number of hydrogen-bond donors (Lipinski definition) is 0. The fourth-order valence-electron chi connectivity index (χ4n) is 2.59. The lowest BCUT2D eigenvalue weighted by atomic mass is 10.1. The summed E-state index contributed by atoms with van der Waals surface area (Å²) in [7, 11) is 1.37. The maximum Gasteiger partial charge on any atom is 0.387 e. The lowest BCUT2D eigenvalue weighted by molar-refractivity contribution is -0.127. The Morgan fingerprint density at radius 2 is 2.00 bits per heavy atom. The highest BCUT2D eigenvalue weighted by molar-refractivity contribution is 5.92. The van der Waals surface area contributed by atoms with Gasteiger partial charge in [0.25, 0.3) is 0 Å². The van der Waals surface area contributed by atoms with Crippen molar-refractivity contribution >= 4 is 12.0 Å². The van der Waals surface area contributed by atoms with E-state index in [1.165, 1.54) is 25.3 Å². The maximum absolute atomic E-state index is 12.6. The van der Waals surface area contributed by atoms with Gasteiger partial charge in [-0.05, 0) is 18.7 Å². The maximum atomic E-state index is 12.6. The predicted octanol–water partition coefficient (Wildman–Crippen LogP) is 2.47. The monoisotopic (exact) mass is 340 g/mol. The van der Waals surface area contributed by atoms with Crippen molar-refractivity contribution in [1.29, 1.82) is 0 Å². The number of alkyl halides is 2. The second-order valence-corrected chi connectivity index (χ2v) is 5.35. The van der Waals surface area contributed by atoms with Crippen LogP contribution >= 0.6 is 0 Å². The first-order chi connectivity index (χ1) is 11.5. The highest BCUT2D eigenvalue weighted by Crippen LogP contribution is 2.33. The van der Waals surface area contributed by atoms with Crippen LogP contribution in [0.1, 0.15) is 12.5 Å². The molecular weight excluding hydrogens is 318 g/mol. The van der Waals surface area contributed by atoms with Crippen molar-refractivity contribution in [3.63, 3.8) is 0 Å². The molecular formula is C17H22F2N2O3. The Labute approximate surface area is 140 Å². The van der Waals surface area contributed by atoms with E-state index in [0.29, 0.717) is 18.7 Å². The minimum Gasteiger partial charge on any atom is -0.493 e. The van der Waals surface area contributed by atoms with E-state index < -0.39 is 6.61 Å². The van der Waals surface area contributed by atoms with Crippen LogP contribution in [0.5, 0.6) is 11.5 Å². The smallest absolute Gasteiger partial charge is 0.387 e. The molecule has 1 aliphatic rings. The van der Waals surface area contributed by atoms with Crippen molar-refractivity contribution in [2.45, 2.75) is 13.5 Å². The molecule has 0 bridgehead atoms. The van der Waals surface area contributed by atoms with E-state index in [4.69, 9.17) is 4.74 Å². The number of ether oxygens (including phenoxy) is 2. The molecule has 0 aromatic heterocycles. The Balaban J connectivity index is 2.09. The second kappa shape index (κ2) is 8.63. The van der Waals surface area contributed by atoms with Gasteiger partial charge in [-0.15, -0.1) is 0 Å². The van der Waals surface area contributed by atoms with Gasteiger partial charge in [-0.25, -0.2) is 0 Å². The van der Waals surface area contributed by atoms with Crippen molar-refractivity contribution in [3.05, 3.63) is 29.8 Å². The van der Waals surface area contributed by atoms with E-state index in [9.17, 15) is 13.6 Å². The van der Waals surface area contributed by atoms with Crippen LogP contribution in [-0.2, 0) is 4.79 Å². The summed E-state index contributed by atoms with van der Waals surface area (Å²) < 4.78 is 34.8. The summed E-state index contributed by atoms with van der Waals surface area (Å²) in [4.78, 5) is 16.3. The topological polar surface area (TPSA) is 42.0 Å². The molecule has 0 spiro atoms. The molecule has 2 rings (SSSR count). The van der Waals surface area contributed by atoms with Crippen LogP contribution < -0.4 is 9.47 Å². The largest absolute Gasteiger partial charge is 0.493 e. The number of carbonyl (C=O) groups is 1.